The molecule has 0 aliphatic carbocycles. The number of carbonyl (C=O) groups excluding carboxylic acids is 2. The highest BCUT2D eigenvalue weighted by Crippen LogP contribution is 2.38. The Kier molecular flexibility index (Phi) is 7.54. The first kappa shape index (κ1) is 20.2. The molecule has 2 N–H and O–H groups in total. The lowest BCUT2D eigenvalue weighted by Crippen LogP contribution is -2.34. The van der Waals surface area contributed by atoms with Crippen LogP contribution in [-0.2, 0) is 11.2 Å². The summed E-state index contributed by atoms with van der Waals surface area (Å²) in [6, 6.07) is 6.85. The van der Waals surface area contributed by atoms with E-state index >= 15 is 0 Å². The van der Waals surface area contributed by atoms with Gasteiger partial charge in [0.15, 0.2) is 17.3 Å². The molecule has 0 unspecified atom stereocenters. The molecule has 0 saturated carbocycles. The Hall–Kier alpha value is -3.16. The summed E-state index contributed by atoms with van der Waals surface area (Å²) >= 11 is 0. The van der Waals surface area contributed by atoms with Crippen molar-refractivity contribution in [1.29, 1.82) is 0 Å². The van der Waals surface area contributed by atoms with Crippen molar-refractivity contribution in [2.24, 2.45) is 0 Å². The average Bonchev–Trinajstić information content (AvgIpc) is 3.23. The van der Waals surface area contributed by atoms with E-state index in [0.29, 0.717) is 43.2 Å². The van der Waals surface area contributed by atoms with E-state index in [1.165, 1.54) is 13.4 Å². The number of carbonyl (C=O) groups is 2. The van der Waals surface area contributed by atoms with Crippen LogP contribution in [0.15, 0.2) is 34.9 Å². The fourth-order valence-electron chi connectivity index (χ4n) is 2.50. The van der Waals surface area contributed by atoms with Gasteiger partial charge in [0.1, 0.15) is 0 Å². The van der Waals surface area contributed by atoms with Crippen molar-refractivity contribution < 1.29 is 28.2 Å². The average molecular weight is 376 g/mol. The van der Waals surface area contributed by atoms with Crippen LogP contribution in [0, 0.1) is 0 Å². The van der Waals surface area contributed by atoms with Crippen molar-refractivity contribution in [2.45, 2.75) is 12.8 Å². The minimum atomic E-state index is -0.313. The van der Waals surface area contributed by atoms with E-state index in [0.717, 1.165) is 5.56 Å². The second kappa shape index (κ2) is 10.1. The molecule has 0 saturated heterocycles. The highest BCUT2D eigenvalue weighted by molar-refractivity contribution is 5.91. The van der Waals surface area contributed by atoms with Crippen LogP contribution in [0.3, 0.4) is 0 Å². The lowest BCUT2D eigenvalue weighted by atomic mass is 10.1. The summed E-state index contributed by atoms with van der Waals surface area (Å²) in [5.41, 5.74) is 0.894. The molecule has 8 nitrogen and oxygen atoms in total. The van der Waals surface area contributed by atoms with Crippen LogP contribution in [0.2, 0.25) is 0 Å². The monoisotopic (exact) mass is 376 g/mol. The van der Waals surface area contributed by atoms with Crippen molar-refractivity contribution >= 4 is 11.8 Å². The van der Waals surface area contributed by atoms with E-state index in [1.54, 1.807) is 26.4 Å². The van der Waals surface area contributed by atoms with E-state index in [9.17, 15) is 9.59 Å². The van der Waals surface area contributed by atoms with Gasteiger partial charge in [-0.1, -0.05) is 0 Å². The first-order valence-corrected chi connectivity index (χ1v) is 8.46. The number of nitrogens with one attached hydrogen (secondary N) is 2. The molecule has 27 heavy (non-hydrogen) atoms. The van der Waals surface area contributed by atoms with Gasteiger partial charge in [-0.2, -0.15) is 0 Å². The third-order valence-electron chi connectivity index (χ3n) is 3.84. The van der Waals surface area contributed by atoms with Crippen molar-refractivity contribution in [1.82, 2.24) is 10.6 Å². The van der Waals surface area contributed by atoms with E-state index in [1.807, 2.05) is 12.1 Å². The number of furan rings is 1. The number of ether oxygens (including phenoxy) is 3. The third-order valence-corrected chi connectivity index (χ3v) is 3.84. The second-order valence-corrected chi connectivity index (χ2v) is 5.62. The molecule has 1 aromatic carbocycles. The van der Waals surface area contributed by atoms with Crippen LogP contribution in [0.4, 0.5) is 0 Å². The molecule has 2 aromatic rings. The lowest BCUT2D eigenvalue weighted by molar-refractivity contribution is -0.121. The van der Waals surface area contributed by atoms with Gasteiger partial charge in [-0.25, -0.2) is 0 Å². The molecule has 2 amide bonds. The number of hydrogen-bond acceptors (Lipinski definition) is 6. The standard InChI is InChI=1S/C19H24N2O6/c1-24-15-11-13(12-16(25-2)18(15)26-3)6-7-17(22)20-8-9-21-19(23)14-5-4-10-27-14/h4-5,10-12H,6-9H2,1-3H3,(H,20,22)(H,21,23). The van der Waals surface area contributed by atoms with Crippen molar-refractivity contribution in [3.05, 3.63) is 41.9 Å². The molecular weight excluding hydrogens is 352 g/mol. The second-order valence-electron chi connectivity index (χ2n) is 5.62. The Bertz CT molecular complexity index is 733. The SMILES string of the molecule is COc1cc(CCC(=O)NCCNC(=O)c2ccco2)cc(OC)c1OC. The first-order valence-electron chi connectivity index (χ1n) is 8.46. The van der Waals surface area contributed by atoms with Gasteiger partial charge in [0.2, 0.25) is 11.7 Å². The van der Waals surface area contributed by atoms with E-state index in [2.05, 4.69) is 10.6 Å². The van der Waals surface area contributed by atoms with Gasteiger partial charge in [-0.3, -0.25) is 9.59 Å². The minimum Gasteiger partial charge on any atom is -0.493 e. The fourth-order valence-corrected chi connectivity index (χ4v) is 2.50. The molecule has 2 rings (SSSR count). The van der Waals surface area contributed by atoms with Crippen molar-refractivity contribution in [3.8, 4) is 17.2 Å². The molecule has 0 radical (unpaired) electrons. The Morgan fingerprint density at radius 3 is 2.22 bits per heavy atom. The topological polar surface area (TPSA) is 99.0 Å². The maximum atomic E-state index is 12.0. The molecule has 0 fully saturated rings. The van der Waals surface area contributed by atoms with Crippen LogP contribution in [0.1, 0.15) is 22.5 Å². The zero-order valence-electron chi connectivity index (χ0n) is 15.7. The van der Waals surface area contributed by atoms with Crippen LogP contribution in [-0.4, -0.2) is 46.2 Å². The molecule has 0 spiro atoms. The summed E-state index contributed by atoms with van der Waals surface area (Å²) < 4.78 is 20.9. The summed E-state index contributed by atoms with van der Waals surface area (Å²) in [4.78, 5) is 23.7. The van der Waals surface area contributed by atoms with Crippen LogP contribution >= 0.6 is 0 Å². The smallest absolute Gasteiger partial charge is 0.287 e. The largest absolute Gasteiger partial charge is 0.493 e. The number of methoxy groups -OCH3 is 3. The Morgan fingerprint density at radius 2 is 1.67 bits per heavy atom. The van der Waals surface area contributed by atoms with Gasteiger partial charge in [-0.15, -0.1) is 0 Å². The van der Waals surface area contributed by atoms with Gasteiger partial charge >= 0.3 is 0 Å². The van der Waals surface area contributed by atoms with Crippen LogP contribution in [0.25, 0.3) is 0 Å². The summed E-state index contributed by atoms with van der Waals surface area (Å²) in [6.07, 6.45) is 2.24. The number of aryl methyl sites for hydroxylation is 1. The fraction of sp³-hybridized carbons (Fsp3) is 0.368. The Morgan fingerprint density at radius 1 is 1.00 bits per heavy atom. The highest BCUT2D eigenvalue weighted by Gasteiger charge is 2.14. The minimum absolute atomic E-state index is 0.115. The molecule has 0 bridgehead atoms. The summed E-state index contributed by atoms with van der Waals surface area (Å²) in [5, 5.41) is 5.42. The summed E-state index contributed by atoms with van der Waals surface area (Å²) in [6.45, 7) is 0.649. The molecular formula is C19H24N2O6. The predicted molar refractivity (Wildman–Crippen MR) is 98.5 cm³/mol. The zero-order valence-corrected chi connectivity index (χ0v) is 15.7. The van der Waals surface area contributed by atoms with Crippen molar-refractivity contribution in [2.75, 3.05) is 34.4 Å². The zero-order chi connectivity index (χ0) is 19.6. The van der Waals surface area contributed by atoms with E-state index < -0.39 is 0 Å². The molecule has 0 aliphatic heterocycles. The maximum Gasteiger partial charge on any atom is 0.287 e. The predicted octanol–water partition coefficient (Wildman–Crippen LogP) is 1.78. The highest BCUT2D eigenvalue weighted by atomic mass is 16.5. The third kappa shape index (κ3) is 5.67. The van der Waals surface area contributed by atoms with Crippen molar-refractivity contribution in [3.63, 3.8) is 0 Å². The van der Waals surface area contributed by atoms with Crippen LogP contribution < -0.4 is 24.8 Å². The maximum absolute atomic E-state index is 12.0. The lowest BCUT2D eigenvalue weighted by Gasteiger charge is -2.14. The van der Waals surface area contributed by atoms with Gasteiger partial charge in [-0.05, 0) is 36.2 Å². The summed E-state index contributed by atoms with van der Waals surface area (Å²) in [7, 11) is 4.63. The molecule has 0 atom stereocenters. The summed E-state index contributed by atoms with van der Waals surface area (Å²) in [5.74, 6) is 1.42. The molecule has 1 aromatic heterocycles. The normalized spacial score (nSPS) is 10.2. The molecule has 0 aliphatic rings. The number of amides is 2. The molecule has 8 heteroatoms. The molecule has 1 heterocycles. The van der Waals surface area contributed by atoms with Gasteiger partial charge in [0, 0.05) is 19.5 Å². The Balaban J connectivity index is 1.77. The van der Waals surface area contributed by atoms with Gasteiger partial charge in [0.05, 0.1) is 27.6 Å². The van der Waals surface area contributed by atoms with Crippen LogP contribution in [0.5, 0.6) is 17.2 Å². The van der Waals surface area contributed by atoms with E-state index in [4.69, 9.17) is 18.6 Å². The first-order chi connectivity index (χ1) is 13.1. The van der Waals surface area contributed by atoms with E-state index in [-0.39, 0.29) is 17.6 Å². The Labute approximate surface area is 157 Å². The van der Waals surface area contributed by atoms with Gasteiger partial charge < -0.3 is 29.3 Å². The van der Waals surface area contributed by atoms with Gasteiger partial charge in [0.25, 0.3) is 5.91 Å². The number of hydrogen-bond donors (Lipinski definition) is 2. The number of benzene rings is 1. The number of rotatable bonds is 10. The molecule has 146 valence electrons. The quantitative estimate of drug-likeness (QED) is 0.614.